The molecular formula is C11H12FNO. The largest absolute Gasteiger partial charge is 0.506 e. The molecule has 3 heteroatoms. The van der Waals surface area contributed by atoms with Crippen LogP contribution in [0, 0.1) is 0 Å². The zero-order valence-corrected chi connectivity index (χ0v) is 8.16. The summed E-state index contributed by atoms with van der Waals surface area (Å²) in [6, 6.07) is 0. The molecule has 1 aliphatic carbocycles. The van der Waals surface area contributed by atoms with Gasteiger partial charge >= 0.3 is 0 Å². The van der Waals surface area contributed by atoms with Gasteiger partial charge in [-0.3, -0.25) is 4.99 Å². The van der Waals surface area contributed by atoms with Crippen molar-refractivity contribution in [3.05, 3.63) is 47.5 Å². The summed E-state index contributed by atoms with van der Waals surface area (Å²) in [5, 5.41) is 9.41. The second-order valence-electron chi connectivity index (χ2n) is 2.74. The van der Waals surface area contributed by atoms with Crippen molar-refractivity contribution < 1.29 is 9.50 Å². The van der Waals surface area contributed by atoms with Crippen molar-refractivity contribution in [2.24, 2.45) is 4.99 Å². The van der Waals surface area contributed by atoms with E-state index in [4.69, 9.17) is 0 Å². The molecule has 0 saturated heterocycles. The standard InChI is InChI=1S/C11H12FNO/c1-3-4-5-8-9(12)6-7-10(14)11(8)13-2/h3-7,14H,1-2H3/b4-3-,8-5-,13-11-. The van der Waals surface area contributed by atoms with Crippen molar-refractivity contribution in [1.29, 1.82) is 0 Å². The molecule has 0 aromatic carbocycles. The van der Waals surface area contributed by atoms with Crippen LogP contribution in [0.5, 0.6) is 0 Å². The highest BCUT2D eigenvalue weighted by atomic mass is 19.1. The molecule has 0 fully saturated rings. The molecule has 0 heterocycles. The van der Waals surface area contributed by atoms with Crippen LogP contribution in [0.4, 0.5) is 4.39 Å². The Kier molecular flexibility index (Phi) is 3.40. The van der Waals surface area contributed by atoms with Crippen LogP contribution in [-0.4, -0.2) is 17.9 Å². The Hall–Kier alpha value is -1.64. The predicted octanol–water partition coefficient (Wildman–Crippen LogP) is 2.87. The first kappa shape index (κ1) is 10.4. The maximum absolute atomic E-state index is 13.3. The fraction of sp³-hybridized carbons (Fsp3) is 0.182. The zero-order chi connectivity index (χ0) is 10.6. The lowest BCUT2D eigenvalue weighted by Gasteiger charge is -2.11. The number of aliphatic hydroxyl groups excluding tert-OH is 1. The van der Waals surface area contributed by atoms with E-state index >= 15 is 0 Å². The molecule has 0 saturated carbocycles. The molecule has 1 aliphatic rings. The van der Waals surface area contributed by atoms with Gasteiger partial charge in [-0.15, -0.1) is 0 Å². The summed E-state index contributed by atoms with van der Waals surface area (Å²) in [6.07, 6.45) is 7.58. The van der Waals surface area contributed by atoms with Gasteiger partial charge in [0.25, 0.3) is 0 Å². The quantitative estimate of drug-likeness (QED) is 0.682. The Labute approximate surface area is 82.5 Å². The fourth-order valence-corrected chi connectivity index (χ4v) is 1.16. The Morgan fingerprint density at radius 2 is 2.14 bits per heavy atom. The topological polar surface area (TPSA) is 32.6 Å². The summed E-state index contributed by atoms with van der Waals surface area (Å²) in [7, 11) is 1.52. The lowest BCUT2D eigenvalue weighted by Crippen LogP contribution is -2.10. The molecule has 0 spiro atoms. The van der Waals surface area contributed by atoms with Crippen molar-refractivity contribution in [3.8, 4) is 0 Å². The minimum Gasteiger partial charge on any atom is -0.506 e. The van der Waals surface area contributed by atoms with Crippen LogP contribution < -0.4 is 0 Å². The second-order valence-corrected chi connectivity index (χ2v) is 2.74. The molecule has 2 nitrogen and oxygen atoms in total. The number of allylic oxidation sites excluding steroid dienone is 7. The second kappa shape index (κ2) is 4.56. The molecule has 74 valence electrons. The van der Waals surface area contributed by atoms with Gasteiger partial charge in [-0.05, 0) is 19.1 Å². The highest BCUT2D eigenvalue weighted by molar-refractivity contribution is 6.14. The molecule has 0 bridgehead atoms. The minimum atomic E-state index is -0.387. The summed E-state index contributed by atoms with van der Waals surface area (Å²) in [6.45, 7) is 1.83. The lowest BCUT2D eigenvalue weighted by molar-refractivity contribution is 0.441. The average Bonchev–Trinajstić information content (AvgIpc) is 2.19. The molecule has 0 aromatic heterocycles. The third-order valence-corrected chi connectivity index (χ3v) is 1.82. The van der Waals surface area contributed by atoms with Gasteiger partial charge in [0.1, 0.15) is 17.3 Å². The van der Waals surface area contributed by atoms with Crippen molar-refractivity contribution >= 4 is 5.71 Å². The van der Waals surface area contributed by atoms with Gasteiger partial charge < -0.3 is 5.11 Å². The SMILES string of the molecule is C\C=C/C=C1/C(F)=CC=C(O)/C1=N\C. The van der Waals surface area contributed by atoms with E-state index in [-0.39, 0.29) is 17.3 Å². The van der Waals surface area contributed by atoms with Crippen LogP contribution in [0.15, 0.2) is 52.5 Å². The van der Waals surface area contributed by atoms with Gasteiger partial charge in [0.2, 0.25) is 0 Å². The molecule has 0 unspecified atom stereocenters. The molecule has 0 amide bonds. The Bertz CT molecular complexity index is 373. The van der Waals surface area contributed by atoms with Crippen LogP contribution in [0.1, 0.15) is 6.92 Å². The molecule has 1 N–H and O–H groups in total. The van der Waals surface area contributed by atoms with Gasteiger partial charge in [0, 0.05) is 12.6 Å². The number of hydrogen-bond acceptors (Lipinski definition) is 2. The van der Waals surface area contributed by atoms with Gasteiger partial charge in [-0.25, -0.2) is 4.39 Å². The van der Waals surface area contributed by atoms with E-state index in [0.717, 1.165) is 0 Å². The summed E-state index contributed by atoms with van der Waals surface area (Å²) < 4.78 is 13.3. The van der Waals surface area contributed by atoms with Crippen molar-refractivity contribution in [2.45, 2.75) is 6.92 Å². The molecule has 14 heavy (non-hydrogen) atoms. The monoisotopic (exact) mass is 193 g/mol. The van der Waals surface area contributed by atoms with E-state index < -0.39 is 0 Å². The van der Waals surface area contributed by atoms with Crippen LogP contribution in [0.25, 0.3) is 0 Å². The number of aliphatic hydroxyl groups is 1. The lowest BCUT2D eigenvalue weighted by atomic mass is 10.0. The molecule has 0 aromatic rings. The van der Waals surface area contributed by atoms with Crippen LogP contribution in [0.3, 0.4) is 0 Å². The Morgan fingerprint density at radius 3 is 2.71 bits per heavy atom. The number of nitrogens with zero attached hydrogens (tertiary/aromatic N) is 1. The predicted molar refractivity (Wildman–Crippen MR) is 56.2 cm³/mol. The zero-order valence-electron chi connectivity index (χ0n) is 8.16. The minimum absolute atomic E-state index is 0.00958. The third-order valence-electron chi connectivity index (χ3n) is 1.82. The molecular weight excluding hydrogens is 181 g/mol. The fourth-order valence-electron chi connectivity index (χ4n) is 1.16. The molecule has 0 radical (unpaired) electrons. The number of aliphatic imine (C=N–C) groups is 1. The van der Waals surface area contributed by atoms with E-state index in [2.05, 4.69) is 4.99 Å². The first-order valence-corrected chi connectivity index (χ1v) is 4.28. The first-order chi connectivity index (χ1) is 6.70. The maximum atomic E-state index is 13.3. The Morgan fingerprint density at radius 1 is 1.43 bits per heavy atom. The smallest absolute Gasteiger partial charge is 0.141 e. The van der Waals surface area contributed by atoms with Gasteiger partial charge in [-0.1, -0.05) is 18.2 Å². The Balaban J connectivity index is 3.17. The van der Waals surface area contributed by atoms with E-state index in [0.29, 0.717) is 5.57 Å². The van der Waals surface area contributed by atoms with Crippen LogP contribution >= 0.6 is 0 Å². The third kappa shape index (κ3) is 1.99. The van der Waals surface area contributed by atoms with Crippen molar-refractivity contribution in [1.82, 2.24) is 0 Å². The summed E-state index contributed by atoms with van der Waals surface area (Å²) >= 11 is 0. The van der Waals surface area contributed by atoms with E-state index in [1.165, 1.54) is 19.2 Å². The normalized spacial score (nSPS) is 23.1. The van der Waals surface area contributed by atoms with Crippen molar-refractivity contribution in [2.75, 3.05) is 7.05 Å². The summed E-state index contributed by atoms with van der Waals surface area (Å²) in [5.41, 5.74) is 0.591. The van der Waals surface area contributed by atoms with Gasteiger partial charge in [0.15, 0.2) is 0 Å². The molecule has 0 aliphatic heterocycles. The maximum Gasteiger partial charge on any atom is 0.141 e. The van der Waals surface area contributed by atoms with E-state index in [1.807, 2.05) is 6.92 Å². The van der Waals surface area contributed by atoms with E-state index in [9.17, 15) is 9.50 Å². The van der Waals surface area contributed by atoms with E-state index in [1.54, 1.807) is 18.2 Å². The highest BCUT2D eigenvalue weighted by Crippen LogP contribution is 2.22. The van der Waals surface area contributed by atoms with Crippen molar-refractivity contribution in [3.63, 3.8) is 0 Å². The van der Waals surface area contributed by atoms with Gasteiger partial charge in [0.05, 0.1) is 0 Å². The molecule has 1 rings (SSSR count). The summed E-state index contributed by atoms with van der Waals surface area (Å²) in [4.78, 5) is 3.83. The molecule has 0 atom stereocenters. The highest BCUT2D eigenvalue weighted by Gasteiger charge is 2.18. The first-order valence-electron chi connectivity index (χ1n) is 4.28. The summed E-state index contributed by atoms with van der Waals surface area (Å²) in [5.74, 6) is -0.397. The van der Waals surface area contributed by atoms with Crippen LogP contribution in [-0.2, 0) is 0 Å². The number of halogens is 1. The number of hydrogen-bond donors (Lipinski definition) is 1. The van der Waals surface area contributed by atoms with Crippen LogP contribution in [0.2, 0.25) is 0 Å². The number of rotatable bonds is 1. The van der Waals surface area contributed by atoms with Gasteiger partial charge in [-0.2, -0.15) is 0 Å². The average molecular weight is 193 g/mol.